The summed E-state index contributed by atoms with van der Waals surface area (Å²) < 4.78 is 14.7. The second-order valence-electron chi connectivity index (χ2n) is 3.31. The molecule has 0 radical (unpaired) electrons. The Morgan fingerprint density at radius 2 is 2.35 bits per heavy atom. The van der Waals surface area contributed by atoms with Crippen molar-refractivity contribution in [3.8, 4) is 0 Å². The van der Waals surface area contributed by atoms with Crippen LogP contribution in [0, 0.1) is 5.82 Å². The maximum absolute atomic E-state index is 13.2. The number of nitrogen functional groups attached to an aromatic ring is 1. The predicted octanol–water partition coefficient (Wildman–Crippen LogP) is 1.46. The first-order valence-electron chi connectivity index (χ1n) is 5.00. The lowest BCUT2D eigenvalue weighted by Crippen LogP contribution is -2.16. The van der Waals surface area contributed by atoms with Crippen molar-refractivity contribution in [1.82, 2.24) is 14.8 Å². The second kappa shape index (κ2) is 4.62. The average molecular weight is 254 g/mol. The van der Waals surface area contributed by atoms with E-state index in [1.165, 1.54) is 10.6 Å². The molecule has 0 fully saturated rings. The first kappa shape index (κ1) is 11.7. The van der Waals surface area contributed by atoms with Gasteiger partial charge in [0.15, 0.2) is 5.16 Å². The molecule has 3 N–H and O–H groups in total. The number of benzene rings is 1. The summed E-state index contributed by atoms with van der Waals surface area (Å²) in [6.07, 6.45) is 0. The van der Waals surface area contributed by atoms with Gasteiger partial charge in [0, 0.05) is 11.4 Å². The van der Waals surface area contributed by atoms with Gasteiger partial charge < -0.3 is 5.73 Å². The summed E-state index contributed by atoms with van der Waals surface area (Å²) >= 11 is 1.16. The third kappa shape index (κ3) is 2.19. The number of anilines is 1. The van der Waals surface area contributed by atoms with E-state index in [1.807, 2.05) is 6.92 Å². The molecule has 5 nitrogen and oxygen atoms in total. The number of para-hydroxylation sites is 1. The molecule has 0 bridgehead atoms. The monoisotopic (exact) mass is 254 g/mol. The van der Waals surface area contributed by atoms with Crippen LogP contribution in [0.3, 0.4) is 0 Å². The highest BCUT2D eigenvalue weighted by Crippen LogP contribution is 2.31. The van der Waals surface area contributed by atoms with Crippen molar-refractivity contribution in [2.24, 2.45) is 0 Å². The van der Waals surface area contributed by atoms with Gasteiger partial charge in [-0.2, -0.15) is 0 Å². The highest BCUT2D eigenvalue weighted by Gasteiger charge is 2.11. The Morgan fingerprint density at radius 3 is 3.06 bits per heavy atom. The van der Waals surface area contributed by atoms with Gasteiger partial charge in [-0.3, -0.25) is 4.57 Å². The van der Waals surface area contributed by atoms with Crippen LogP contribution in [0.4, 0.5) is 10.1 Å². The van der Waals surface area contributed by atoms with Gasteiger partial charge in [-0.1, -0.05) is 6.07 Å². The van der Waals surface area contributed by atoms with E-state index in [0.29, 0.717) is 16.6 Å². The molecule has 0 saturated carbocycles. The van der Waals surface area contributed by atoms with Crippen LogP contribution in [0.25, 0.3) is 0 Å². The lowest BCUT2D eigenvalue weighted by Gasteiger charge is -2.05. The average Bonchev–Trinajstić information content (AvgIpc) is 2.66. The van der Waals surface area contributed by atoms with Gasteiger partial charge in [-0.15, -0.1) is 5.10 Å². The van der Waals surface area contributed by atoms with Crippen LogP contribution < -0.4 is 11.4 Å². The number of nitrogens with two attached hydrogens (primary N) is 1. The fourth-order valence-corrected chi connectivity index (χ4v) is 2.33. The van der Waals surface area contributed by atoms with Gasteiger partial charge in [0.2, 0.25) is 0 Å². The van der Waals surface area contributed by atoms with Crippen LogP contribution in [0.1, 0.15) is 6.92 Å². The van der Waals surface area contributed by atoms with E-state index in [9.17, 15) is 9.18 Å². The Hall–Kier alpha value is -1.76. The zero-order chi connectivity index (χ0) is 12.4. The third-order valence-electron chi connectivity index (χ3n) is 2.25. The van der Waals surface area contributed by atoms with Gasteiger partial charge in [-0.05, 0) is 30.8 Å². The molecular formula is C10H11FN4OS. The molecule has 0 unspecified atom stereocenters. The molecule has 17 heavy (non-hydrogen) atoms. The summed E-state index contributed by atoms with van der Waals surface area (Å²) in [5.74, 6) is -0.476. The molecule has 1 aromatic carbocycles. The largest absolute Gasteiger partial charge is 0.395 e. The standard InChI is InChI=1S/C10H11FN4OS/c1-2-15-9(16)13-14-10(15)17-7-5-3-4-6(11)8(7)12/h3-5H,2,12H2,1H3,(H,13,16). The first-order valence-corrected chi connectivity index (χ1v) is 5.82. The SMILES string of the molecule is CCn1c(Sc2cccc(F)c2N)n[nH]c1=O. The minimum Gasteiger partial charge on any atom is -0.395 e. The van der Waals surface area contributed by atoms with Gasteiger partial charge in [0.05, 0.1) is 5.69 Å². The van der Waals surface area contributed by atoms with E-state index < -0.39 is 5.82 Å². The molecule has 0 aliphatic carbocycles. The molecule has 0 aliphatic heterocycles. The Bertz CT molecular complexity index is 592. The lowest BCUT2D eigenvalue weighted by atomic mass is 10.3. The van der Waals surface area contributed by atoms with E-state index in [1.54, 1.807) is 12.1 Å². The predicted molar refractivity (Wildman–Crippen MR) is 63.5 cm³/mol. The third-order valence-corrected chi connectivity index (χ3v) is 3.32. The van der Waals surface area contributed by atoms with Crippen LogP contribution >= 0.6 is 11.8 Å². The number of aromatic nitrogens is 3. The maximum atomic E-state index is 13.2. The lowest BCUT2D eigenvalue weighted by molar-refractivity contribution is 0.629. The number of aromatic amines is 1. The molecule has 1 aromatic heterocycles. The molecular weight excluding hydrogens is 243 g/mol. The van der Waals surface area contributed by atoms with E-state index in [-0.39, 0.29) is 11.4 Å². The summed E-state index contributed by atoms with van der Waals surface area (Å²) in [6.45, 7) is 2.32. The van der Waals surface area contributed by atoms with Crippen LogP contribution in [0.15, 0.2) is 33.0 Å². The number of halogens is 1. The van der Waals surface area contributed by atoms with E-state index >= 15 is 0 Å². The summed E-state index contributed by atoms with van der Waals surface area (Å²) in [5.41, 5.74) is 5.39. The van der Waals surface area contributed by atoms with Crippen LogP contribution in [-0.4, -0.2) is 14.8 Å². The van der Waals surface area contributed by atoms with Gasteiger partial charge in [0.25, 0.3) is 0 Å². The molecule has 7 heteroatoms. The number of nitrogens with one attached hydrogen (secondary N) is 1. The Labute approximate surface area is 101 Å². The van der Waals surface area contributed by atoms with Crippen LogP contribution in [0.2, 0.25) is 0 Å². The first-order chi connectivity index (χ1) is 8.13. The quantitative estimate of drug-likeness (QED) is 0.813. The maximum Gasteiger partial charge on any atom is 0.343 e. The fourth-order valence-electron chi connectivity index (χ4n) is 1.36. The van der Waals surface area contributed by atoms with E-state index in [0.717, 1.165) is 11.8 Å². The smallest absolute Gasteiger partial charge is 0.343 e. The highest BCUT2D eigenvalue weighted by atomic mass is 32.2. The molecule has 2 aromatic rings. The van der Waals surface area contributed by atoms with Gasteiger partial charge in [0.1, 0.15) is 5.82 Å². The number of nitrogens with zero attached hydrogens (tertiary/aromatic N) is 2. The van der Waals surface area contributed by atoms with Gasteiger partial charge in [-0.25, -0.2) is 14.3 Å². The zero-order valence-electron chi connectivity index (χ0n) is 9.11. The molecule has 1 heterocycles. The molecule has 0 amide bonds. The summed E-state index contributed by atoms with van der Waals surface area (Å²) in [4.78, 5) is 11.9. The number of H-pyrrole nitrogens is 1. The molecule has 2 rings (SSSR count). The zero-order valence-corrected chi connectivity index (χ0v) is 9.92. The Kier molecular flexibility index (Phi) is 3.19. The van der Waals surface area contributed by atoms with E-state index in [2.05, 4.69) is 10.2 Å². The molecule has 0 spiro atoms. The van der Waals surface area contributed by atoms with Crippen molar-refractivity contribution >= 4 is 17.4 Å². The second-order valence-corrected chi connectivity index (χ2v) is 4.32. The summed E-state index contributed by atoms with van der Waals surface area (Å²) in [7, 11) is 0. The minimum atomic E-state index is -0.476. The Balaban J connectivity index is 2.38. The van der Waals surface area contributed by atoms with Crippen molar-refractivity contribution in [2.45, 2.75) is 23.5 Å². The molecule has 90 valence electrons. The van der Waals surface area contributed by atoms with Crippen LogP contribution in [0.5, 0.6) is 0 Å². The summed E-state index contributed by atoms with van der Waals surface area (Å²) in [5, 5.41) is 6.67. The van der Waals surface area contributed by atoms with E-state index in [4.69, 9.17) is 5.73 Å². The normalized spacial score (nSPS) is 10.7. The van der Waals surface area contributed by atoms with Crippen LogP contribution in [-0.2, 0) is 6.54 Å². The van der Waals surface area contributed by atoms with Crippen molar-refractivity contribution in [2.75, 3.05) is 5.73 Å². The Morgan fingerprint density at radius 1 is 1.59 bits per heavy atom. The van der Waals surface area contributed by atoms with Gasteiger partial charge >= 0.3 is 5.69 Å². The number of rotatable bonds is 3. The van der Waals surface area contributed by atoms with Crippen molar-refractivity contribution < 1.29 is 4.39 Å². The highest BCUT2D eigenvalue weighted by molar-refractivity contribution is 7.99. The number of hydrogen-bond donors (Lipinski definition) is 2. The minimum absolute atomic E-state index is 0.0654. The topological polar surface area (TPSA) is 76.7 Å². The molecule has 0 saturated heterocycles. The van der Waals surface area contributed by atoms with Crippen molar-refractivity contribution in [3.05, 3.63) is 34.5 Å². The summed E-state index contributed by atoms with van der Waals surface area (Å²) in [6, 6.07) is 4.54. The molecule has 0 aliphatic rings. The van der Waals surface area contributed by atoms with Crippen molar-refractivity contribution in [3.63, 3.8) is 0 Å². The fraction of sp³-hybridized carbons (Fsp3) is 0.200. The number of hydrogen-bond acceptors (Lipinski definition) is 4. The molecule has 0 atom stereocenters. The van der Waals surface area contributed by atoms with Crippen molar-refractivity contribution in [1.29, 1.82) is 0 Å².